The molecule has 0 saturated heterocycles. The number of aliphatic imine (C=N–C) groups is 1. The molecule has 2 heterocycles. The summed E-state index contributed by atoms with van der Waals surface area (Å²) in [5.41, 5.74) is 0.971. The van der Waals surface area contributed by atoms with Gasteiger partial charge in [0.05, 0.1) is 22.8 Å². The molecule has 2 aromatic heterocycles. The SMILES string of the molecule is CC(=Nc1cc(C(F)(F)F)n(C2CC2)c(=O)c1C)c1nc(C2=CC(F)C#CC=C2)ccc1C. The molecule has 0 bridgehead atoms. The molecule has 1 fully saturated rings. The van der Waals surface area contributed by atoms with Crippen molar-refractivity contribution >= 4 is 17.0 Å². The van der Waals surface area contributed by atoms with E-state index in [1.807, 2.05) is 0 Å². The lowest BCUT2D eigenvalue weighted by molar-refractivity contribution is -0.144. The number of hydrogen-bond acceptors (Lipinski definition) is 3. The summed E-state index contributed by atoms with van der Waals surface area (Å²) in [6.07, 6.45) is -0.475. The molecule has 0 amide bonds. The van der Waals surface area contributed by atoms with Gasteiger partial charge in [-0.1, -0.05) is 17.9 Å². The van der Waals surface area contributed by atoms with Crippen molar-refractivity contribution in [3.63, 3.8) is 0 Å². The lowest BCUT2D eigenvalue weighted by Crippen LogP contribution is -2.29. The molecular formula is C25H21F4N3O. The van der Waals surface area contributed by atoms with Crippen LogP contribution in [0.2, 0.25) is 0 Å². The number of halogens is 4. The van der Waals surface area contributed by atoms with E-state index in [9.17, 15) is 22.4 Å². The number of nitrogens with zero attached hydrogens (tertiary/aromatic N) is 3. The maximum Gasteiger partial charge on any atom is 0.431 e. The molecule has 2 aliphatic carbocycles. The maximum atomic E-state index is 13.9. The zero-order chi connectivity index (χ0) is 23.9. The Labute approximate surface area is 188 Å². The van der Waals surface area contributed by atoms with Crippen molar-refractivity contribution < 1.29 is 17.6 Å². The van der Waals surface area contributed by atoms with Gasteiger partial charge in [-0.25, -0.2) is 9.37 Å². The van der Waals surface area contributed by atoms with E-state index in [0.717, 1.165) is 16.2 Å². The summed E-state index contributed by atoms with van der Waals surface area (Å²) in [5, 5.41) is 0. The molecule has 1 unspecified atom stereocenters. The van der Waals surface area contributed by atoms with Crippen molar-refractivity contribution in [2.45, 2.75) is 52.0 Å². The van der Waals surface area contributed by atoms with Crippen LogP contribution in [0, 0.1) is 25.7 Å². The van der Waals surface area contributed by atoms with E-state index in [4.69, 9.17) is 0 Å². The van der Waals surface area contributed by atoms with Gasteiger partial charge in [0.15, 0.2) is 6.17 Å². The Balaban J connectivity index is 1.80. The third kappa shape index (κ3) is 4.68. The van der Waals surface area contributed by atoms with Crippen LogP contribution in [0.25, 0.3) is 5.57 Å². The molecule has 0 aliphatic heterocycles. The Kier molecular flexibility index (Phi) is 5.83. The standard InChI is InChI=1S/C25H21F4N3O/c1-14-8-11-20(17-6-4-5-7-18(26)12-17)31-23(14)16(3)30-21-13-22(25(27,28)29)32(19-9-10-19)24(33)15(21)2/h4,6,8,11-13,18-19H,9-10H2,1-3H3. The molecular weight excluding hydrogens is 434 g/mol. The third-order valence-corrected chi connectivity index (χ3v) is 5.58. The van der Waals surface area contributed by atoms with E-state index in [2.05, 4.69) is 21.8 Å². The van der Waals surface area contributed by atoms with E-state index < -0.39 is 29.6 Å². The Hall–Kier alpha value is -3.47. The summed E-state index contributed by atoms with van der Waals surface area (Å²) in [6, 6.07) is 4.02. The number of aryl methyl sites for hydroxylation is 1. The van der Waals surface area contributed by atoms with E-state index in [0.29, 0.717) is 35.5 Å². The Morgan fingerprint density at radius 2 is 1.97 bits per heavy atom. The highest BCUT2D eigenvalue weighted by Crippen LogP contribution is 2.40. The fraction of sp³-hybridized carbons (Fsp3) is 0.320. The van der Waals surface area contributed by atoms with Gasteiger partial charge in [0, 0.05) is 17.2 Å². The summed E-state index contributed by atoms with van der Waals surface area (Å²) in [7, 11) is 0. The number of alkyl halides is 4. The van der Waals surface area contributed by atoms with E-state index in [1.54, 1.807) is 32.1 Å². The van der Waals surface area contributed by atoms with Crippen molar-refractivity contribution in [3.05, 3.63) is 75.0 Å². The summed E-state index contributed by atoms with van der Waals surface area (Å²) in [6.45, 7) is 4.89. The minimum Gasteiger partial charge on any atom is -0.301 e. The lowest BCUT2D eigenvalue weighted by atomic mass is 10.1. The Bertz CT molecular complexity index is 1330. The van der Waals surface area contributed by atoms with Crippen LogP contribution in [0.5, 0.6) is 0 Å². The molecule has 4 rings (SSSR count). The first-order chi connectivity index (χ1) is 15.6. The second kappa shape index (κ2) is 8.47. The van der Waals surface area contributed by atoms with Crippen molar-refractivity contribution in [3.8, 4) is 11.8 Å². The first-order valence-electron chi connectivity index (χ1n) is 10.5. The zero-order valence-electron chi connectivity index (χ0n) is 18.3. The molecule has 0 N–H and O–H groups in total. The highest BCUT2D eigenvalue weighted by atomic mass is 19.4. The van der Waals surface area contributed by atoms with Crippen molar-refractivity contribution in [2.24, 2.45) is 4.99 Å². The van der Waals surface area contributed by atoms with Crippen LogP contribution in [-0.2, 0) is 6.18 Å². The molecule has 33 heavy (non-hydrogen) atoms. The van der Waals surface area contributed by atoms with Gasteiger partial charge in [-0.15, -0.1) is 0 Å². The molecule has 0 aromatic carbocycles. The molecule has 1 saturated carbocycles. The van der Waals surface area contributed by atoms with E-state index >= 15 is 0 Å². The quantitative estimate of drug-likeness (QED) is 0.340. The number of allylic oxidation sites excluding steroid dienone is 4. The molecule has 2 aromatic rings. The van der Waals surface area contributed by atoms with Crippen molar-refractivity contribution in [2.75, 3.05) is 0 Å². The third-order valence-electron chi connectivity index (χ3n) is 5.58. The summed E-state index contributed by atoms with van der Waals surface area (Å²) >= 11 is 0. The van der Waals surface area contributed by atoms with Crippen LogP contribution in [0.3, 0.4) is 0 Å². The summed E-state index contributed by atoms with van der Waals surface area (Å²) < 4.78 is 55.8. The van der Waals surface area contributed by atoms with Gasteiger partial charge in [0.25, 0.3) is 5.56 Å². The van der Waals surface area contributed by atoms with Gasteiger partial charge in [-0.3, -0.25) is 9.79 Å². The van der Waals surface area contributed by atoms with Crippen LogP contribution in [0.15, 0.2) is 46.2 Å². The fourth-order valence-corrected chi connectivity index (χ4v) is 3.71. The van der Waals surface area contributed by atoms with Crippen LogP contribution in [0.4, 0.5) is 23.2 Å². The normalized spacial score (nSPS) is 18.5. The lowest BCUT2D eigenvalue weighted by Gasteiger charge is -2.17. The van der Waals surface area contributed by atoms with Gasteiger partial charge in [0.2, 0.25) is 0 Å². The van der Waals surface area contributed by atoms with Gasteiger partial charge >= 0.3 is 6.18 Å². The summed E-state index contributed by atoms with van der Waals surface area (Å²) in [4.78, 5) is 21.7. The number of pyridine rings is 2. The van der Waals surface area contributed by atoms with Crippen LogP contribution in [0.1, 0.15) is 54.0 Å². The molecule has 2 aliphatic rings. The average molecular weight is 455 g/mol. The maximum absolute atomic E-state index is 13.9. The second-order valence-corrected chi connectivity index (χ2v) is 8.15. The minimum atomic E-state index is -4.68. The highest BCUT2D eigenvalue weighted by Gasteiger charge is 2.40. The average Bonchev–Trinajstić information content (AvgIpc) is 3.59. The first kappa shape index (κ1) is 22.7. The van der Waals surface area contributed by atoms with Crippen LogP contribution >= 0.6 is 0 Å². The molecule has 0 spiro atoms. The summed E-state index contributed by atoms with van der Waals surface area (Å²) in [5.74, 6) is 5.01. The number of hydrogen-bond donors (Lipinski definition) is 0. The Morgan fingerprint density at radius 1 is 1.24 bits per heavy atom. The van der Waals surface area contributed by atoms with Gasteiger partial charge in [0.1, 0.15) is 5.69 Å². The molecule has 170 valence electrons. The Morgan fingerprint density at radius 3 is 2.64 bits per heavy atom. The number of rotatable bonds is 4. The smallest absolute Gasteiger partial charge is 0.301 e. The first-order valence-corrected chi connectivity index (χ1v) is 10.5. The molecule has 1 atom stereocenters. The van der Waals surface area contributed by atoms with Gasteiger partial charge in [-0.2, -0.15) is 13.2 Å². The predicted octanol–water partition coefficient (Wildman–Crippen LogP) is 5.65. The minimum absolute atomic E-state index is 0.0425. The monoisotopic (exact) mass is 455 g/mol. The molecule has 8 heteroatoms. The highest BCUT2D eigenvalue weighted by molar-refractivity contribution is 6.00. The largest absolute Gasteiger partial charge is 0.431 e. The van der Waals surface area contributed by atoms with Crippen molar-refractivity contribution in [1.82, 2.24) is 9.55 Å². The predicted molar refractivity (Wildman–Crippen MR) is 119 cm³/mol. The zero-order valence-corrected chi connectivity index (χ0v) is 18.3. The van der Waals surface area contributed by atoms with Crippen LogP contribution < -0.4 is 5.56 Å². The number of aromatic nitrogens is 2. The fourth-order valence-electron chi connectivity index (χ4n) is 3.71. The molecule has 4 nitrogen and oxygen atoms in total. The second-order valence-electron chi connectivity index (χ2n) is 8.15. The van der Waals surface area contributed by atoms with E-state index in [1.165, 1.54) is 19.1 Å². The van der Waals surface area contributed by atoms with Gasteiger partial charge in [-0.05, 0) is 69.5 Å². The topological polar surface area (TPSA) is 47.2 Å². The van der Waals surface area contributed by atoms with Gasteiger partial charge < -0.3 is 4.57 Å². The van der Waals surface area contributed by atoms with Crippen LogP contribution in [-0.4, -0.2) is 21.4 Å². The molecule has 0 radical (unpaired) electrons. The van der Waals surface area contributed by atoms with Crippen molar-refractivity contribution in [1.29, 1.82) is 0 Å². The van der Waals surface area contributed by atoms with E-state index in [-0.39, 0.29) is 11.3 Å².